The Labute approximate surface area is 102 Å². The minimum absolute atomic E-state index is 0.693. The quantitative estimate of drug-likeness (QED) is 0.775. The molecule has 1 aliphatic rings. The molecule has 1 fully saturated rings. The summed E-state index contributed by atoms with van der Waals surface area (Å²) in [6.07, 6.45) is 3.87. The van der Waals surface area contributed by atoms with Crippen LogP contribution in [0.25, 0.3) is 0 Å². The Balaban J connectivity index is 2.60. The van der Waals surface area contributed by atoms with E-state index in [0.717, 1.165) is 18.5 Å². The second-order valence-corrected chi connectivity index (χ2v) is 5.38. The Hall–Kier alpha value is -0.0800. The predicted molar refractivity (Wildman–Crippen MR) is 71.8 cm³/mol. The standard InChI is InChI=1S/C14H30N2/c1-6-13(7-2)12(5)16-10-14(8-3)15-9-11(16)4/h11-15H,6-10H2,1-5H3. The fraction of sp³-hybridized carbons (Fsp3) is 1.00. The van der Waals surface area contributed by atoms with Crippen molar-refractivity contribution in [3.8, 4) is 0 Å². The number of hydrogen-bond acceptors (Lipinski definition) is 2. The van der Waals surface area contributed by atoms with Crippen molar-refractivity contribution in [2.75, 3.05) is 13.1 Å². The van der Waals surface area contributed by atoms with Crippen molar-refractivity contribution in [2.45, 2.75) is 72.0 Å². The zero-order valence-electron chi connectivity index (χ0n) is 11.8. The normalized spacial score (nSPS) is 29.6. The molecular formula is C14H30N2. The lowest BCUT2D eigenvalue weighted by atomic mass is 9.92. The molecule has 0 amide bonds. The molecule has 2 heteroatoms. The molecule has 3 atom stereocenters. The van der Waals surface area contributed by atoms with E-state index in [1.54, 1.807) is 0 Å². The summed E-state index contributed by atoms with van der Waals surface area (Å²) in [5, 5.41) is 3.64. The first-order valence-corrected chi connectivity index (χ1v) is 7.13. The molecule has 2 nitrogen and oxygen atoms in total. The van der Waals surface area contributed by atoms with Gasteiger partial charge in [-0.3, -0.25) is 4.90 Å². The molecule has 1 N–H and O–H groups in total. The molecule has 0 aromatic carbocycles. The highest BCUT2D eigenvalue weighted by atomic mass is 15.2. The van der Waals surface area contributed by atoms with Crippen LogP contribution >= 0.6 is 0 Å². The number of rotatable bonds is 5. The van der Waals surface area contributed by atoms with Crippen LogP contribution in [-0.4, -0.2) is 36.1 Å². The van der Waals surface area contributed by atoms with E-state index in [9.17, 15) is 0 Å². The topological polar surface area (TPSA) is 15.3 Å². The molecule has 0 saturated carbocycles. The number of piperazine rings is 1. The first-order valence-electron chi connectivity index (χ1n) is 7.13. The third kappa shape index (κ3) is 3.21. The van der Waals surface area contributed by atoms with Gasteiger partial charge in [-0.15, -0.1) is 0 Å². The Morgan fingerprint density at radius 3 is 2.38 bits per heavy atom. The van der Waals surface area contributed by atoms with E-state index in [0.29, 0.717) is 12.1 Å². The van der Waals surface area contributed by atoms with Crippen molar-refractivity contribution in [3.63, 3.8) is 0 Å². The molecule has 0 bridgehead atoms. The molecule has 1 saturated heterocycles. The van der Waals surface area contributed by atoms with Crippen LogP contribution in [0, 0.1) is 5.92 Å². The lowest BCUT2D eigenvalue weighted by molar-refractivity contribution is 0.0644. The van der Waals surface area contributed by atoms with Gasteiger partial charge in [-0.1, -0.05) is 33.6 Å². The van der Waals surface area contributed by atoms with Crippen LogP contribution in [0.4, 0.5) is 0 Å². The highest BCUT2D eigenvalue weighted by Gasteiger charge is 2.30. The van der Waals surface area contributed by atoms with Gasteiger partial charge in [-0.2, -0.15) is 0 Å². The lowest BCUT2D eigenvalue weighted by Gasteiger charge is -2.44. The average molecular weight is 226 g/mol. The van der Waals surface area contributed by atoms with Gasteiger partial charge in [0.2, 0.25) is 0 Å². The van der Waals surface area contributed by atoms with E-state index in [4.69, 9.17) is 0 Å². The second-order valence-electron chi connectivity index (χ2n) is 5.38. The van der Waals surface area contributed by atoms with Crippen LogP contribution in [0.15, 0.2) is 0 Å². The molecule has 3 unspecified atom stereocenters. The largest absolute Gasteiger partial charge is 0.311 e. The van der Waals surface area contributed by atoms with Gasteiger partial charge in [0, 0.05) is 31.2 Å². The fourth-order valence-corrected chi connectivity index (χ4v) is 3.04. The first kappa shape index (κ1) is 14.0. The molecule has 0 spiro atoms. The Kier molecular flexibility index (Phi) is 5.77. The van der Waals surface area contributed by atoms with Crippen LogP contribution in [-0.2, 0) is 0 Å². The van der Waals surface area contributed by atoms with Gasteiger partial charge in [0.05, 0.1) is 0 Å². The number of hydrogen-bond donors (Lipinski definition) is 1. The fourth-order valence-electron chi connectivity index (χ4n) is 3.04. The predicted octanol–water partition coefficient (Wildman–Crippen LogP) is 2.88. The molecule has 0 aromatic heterocycles. The van der Waals surface area contributed by atoms with Crippen LogP contribution in [0.1, 0.15) is 53.9 Å². The smallest absolute Gasteiger partial charge is 0.0196 e. The van der Waals surface area contributed by atoms with E-state index in [1.807, 2.05) is 0 Å². The first-order chi connectivity index (χ1) is 7.63. The van der Waals surface area contributed by atoms with Gasteiger partial charge in [-0.25, -0.2) is 0 Å². The van der Waals surface area contributed by atoms with Crippen molar-refractivity contribution >= 4 is 0 Å². The lowest BCUT2D eigenvalue weighted by Crippen LogP contribution is -2.58. The highest BCUT2D eigenvalue weighted by molar-refractivity contribution is 4.87. The van der Waals surface area contributed by atoms with Gasteiger partial charge in [-0.05, 0) is 26.2 Å². The summed E-state index contributed by atoms with van der Waals surface area (Å²) in [7, 11) is 0. The number of nitrogens with zero attached hydrogens (tertiary/aromatic N) is 1. The van der Waals surface area contributed by atoms with Crippen LogP contribution in [0.3, 0.4) is 0 Å². The average Bonchev–Trinajstić information content (AvgIpc) is 2.31. The van der Waals surface area contributed by atoms with E-state index in [2.05, 4.69) is 44.8 Å². The Morgan fingerprint density at radius 1 is 1.25 bits per heavy atom. The van der Waals surface area contributed by atoms with Crippen molar-refractivity contribution in [1.82, 2.24) is 10.2 Å². The molecule has 0 aromatic rings. The van der Waals surface area contributed by atoms with E-state index < -0.39 is 0 Å². The van der Waals surface area contributed by atoms with Crippen molar-refractivity contribution < 1.29 is 0 Å². The minimum atomic E-state index is 0.693. The maximum absolute atomic E-state index is 3.64. The minimum Gasteiger partial charge on any atom is -0.311 e. The van der Waals surface area contributed by atoms with Crippen molar-refractivity contribution in [3.05, 3.63) is 0 Å². The van der Waals surface area contributed by atoms with E-state index in [-0.39, 0.29) is 0 Å². The van der Waals surface area contributed by atoms with E-state index >= 15 is 0 Å². The Morgan fingerprint density at radius 2 is 1.88 bits per heavy atom. The van der Waals surface area contributed by atoms with Crippen LogP contribution in [0.5, 0.6) is 0 Å². The molecular weight excluding hydrogens is 196 g/mol. The molecule has 1 rings (SSSR count). The summed E-state index contributed by atoms with van der Waals surface area (Å²) in [6.45, 7) is 14.1. The maximum atomic E-state index is 3.64. The zero-order chi connectivity index (χ0) is 12.1. The van der Waals surface area contributed by atoms with Crippen molar-refractivity contribution in [2.24, 2.45) is 5.92 Å². The Bertz CT molecular complexity index is 189. The third-order valence-electron chi connectivity index (χ3n) is 4.45. The molecule has 1 heterocycles. The van der Waals surface area contributed by atoms with Gasteiger partial charge >= 0.3 is 0 Å². The highest BCUT2D eigenvalue weighted by Crippen LogP contribution is 2.22. The summed E-state index contributed by atoms with van der Waals surface area (Å²) >= 11 is 0. The van der Waals surface area contributed by atoms with Crippen molar-refractivity contribution in [1.29, 1.82) is 0 Å². The number of nitrogens with one attached hydrogen (secondary N) is 1. The maximum Gasteiger partial charge on any atom is 0.0196 e. The SMILES string of the molecule is CCC1CN(C(C)C(CC)CC)C(C)CN1. The molecule has 0 radical (unpaired) electrons. The van der Waals surface area contributed by atoms with Gasteiger partial charge in [0.1, 0.15) is 0 Å². The summed E-state index contributed by atoms with van der Waals surface area (Å²) in [6, 6.07) is 2.13. The van der Waals surface area contributed by atoms with Gasteiger partial charge < -0.3 is 5.32 Å². The zero-order valence-corrected chi connectivity index (χ0v) is 11.8. The van der Waals surface area contributed by atoms with Gasteiger partial charge in [0.25, 0.3) is 0 Å². The molecule has 1 aliphatic heterocycles. The summed E-state index contributed by atoms with van der Waals surface area (Å²) < 4.78 is 0. The molecule has 16 heavy (non-hydrogen) atoms. The van der Waals surface area contributed by atoms with Crippen LogP contribution in [0.2, 0.25) is 0 Å². The van der Waals surface area contributed by atoms with Gasteiger partial charge in [0.15, 0.2) is 0 Å². The van der Waals surface area contributed by atoms with E-state index in [1.165, 1.54) is 25.8 Å². The summed E-state index contributed by atoms with van der Waals surface area (Å²) in [5.74, 6) is 0.859. The third-order valence-corrected chi connectivity index (χ3v) is 4.45. The summed E-state index contributed by atoms with van der Waals surface area (Å²) in [5.41, 5.74) is 0. The molecule has 96 valence electrons. The monoisotopic (exact) mass is 226 g/mol. The second kappa shape index (κ2) is 6.61. The molecule has 0 aliphatic carbocycles. The van der Waals surface area contributed by atoms with Crippen LogP contribution < -0.4 is 5.32 Å². The summed E-state index contributed by atoms with van der Waals surface area (Å²) in [4.78, 5) is 2.72.